The summed E-state index contributed by atoms with van der Waals surface area (Å²) in [6, 6.07) is 9.25. The molecular formula is C15H17ClN2O. The summed E-state index contributed by atoms with van der Waals surface area (Å²) < 4.78 is 5.64. The van der Waals surface area contributed by atoms with Crippen LogP contribution in [-0.4, -0.2) is 4.98 Å². The molecule has 2 rings (SSSR count). The Bertz CT molecular complexity index is 591. The Morgan fingerprint density at radius 2 is 1.95 bits per heavy atom. The van der Waals surface area contributed by atoms with E-state index in [0.717, 1.165) is 5.56 Å². The van der Waals surface area contributed by atoms with E-state index in [0.29, 0.717) is 22.3 Å². The summed E-state index contributed by atoms with van der Waals surface area (Å²) in [6.45, 7) is 6.40. The van der Waals surface area contributed by atoms with Gasteiger partial charge in [0.15, 0.2) is 0 Å². The number of nitrogens with zero attached hydrogens (tertiary/aromatic N) is 1. The molecule has 0 aliphatic rings. The van der Waals surface area contributed by atoms with E-state index in [2.05, 4.69) is 25.8 Å². The van der Waals surface area contributed by atoms with Gasteiger partial charge in [0.2, 0.25) is 5.88 Å². The van der Waals surface area contributed by atoms with Gasteiger partial charge in [0.25, 0.3) is 0 Å². The lowest BCUT2D eigenvalue weighted by molar-refractivity contribution is 0.465. The smallest absolute Gasteiger partial charge is 0.242 e. The number of halogens is 1. The lowest BCUT2D eigenvalue weighted by atomic mass is 9.87. The molecule has 0 saturated heterocycles. The van der Waals surface area contributed by atoms with Gasteiger partial charge in [-0.05, 0) is 35.2 Å². The van der Waals surface area contributed by atoms with Gasteiger partial charge >= 0.3 is 0 Å². The molecule has 0 amide bonds. The zero-order valence-electron chi connectivity index (χ0n) is 11.3. The maximum absolute atomic E-state index is 6.24. The van der Waals surface area contributed by atoms with E-state index in [4.69, 9.17) is 22.1 Å². The number of aromatic nitrogens is 1. The molecule has 1 aromatic heterocycles. The minimum absolute atomic E-state index is 0.0478. The third-order valence-electron chi connectivity index (χ3n) is 2.81. The molecule has 2 N–H and O–H groups in total. The minimum atomic E-state index is 0.0478. The molecular weight excluding hydrogens is 260 g/mol. The van der Waals surface area contributed by atoms with E-state index >= 15 is 0 Å². The first-order chi connectivity index (χ1) is 8.88. The van der Waals surface area contributed by atoms with Gasteiger partial charge in [0.1, 0.15) is 5.75 Å². The Morgan fingerprint density at radius 1 is 1.21 bits per heavy atom. The van der Waals surface area contributed by atoms with Crippen LogP contribution in [0.15, 0.2) is 36.5 Å². The molecule has 0 aliphatic heterocycles. The second kappa shape index (κ2) is 5.10. The monoisotopic (exact) mass is 276 g/mol. The van der Waals surface area contributed by atoms with E-state index in [1.165, 1.54) is 0 Å². The lowest BCUT2D eigenvalue weighted by Gasteiger charge is -2.20. The standard InChI is InChI=1S/C15H17ClN2O/c1-15(2,3)10-6-7-13(11(16)9-10)19-14-12(17)5-4-8-18-14/h4-9H,17H2,1-3H3. The van der Waals surface area contributed by atoms with Crippen LogP contribution in [-0.2, 0) is 5.41 Å². The number of nitrogen functional groups attached to an aromatic ring is 1. The molecule has 4 heteroatoms. The number of nitrogens with two attached hydrogens (primary N) is 1. The first kappa shape index (κ1) is 13.7. The first-order valence-corrected chi connectivity index (χ1v) is 6.44. The fraction of sp³-hybridized carbons (Fsp3) is 0.267. The number of ether oxygens (including phenoxy) is 1. The highest BCUT2D eigenvalue weighted by molar-refractivity contribution is 6.32. The predicted octanol–water partition coefficient (Wildman–Crippen LogP) is 4.41. The molecule has 100 valence electrons. The van der Waals surface area contributed by atoms with Gasteiger partial charge in [0, 0.05) is 6.20 Å². The van der Waals surface area contributed by atoms with Crippen molar-refractivity contribution in [3.05, 3.63) is 47.1 Å². The topological polar surface area (TPSA) is 48.1 Å². The second-order valence-corrected chi connectivity index (χ2v) is 5.80. The van der Waals surface area contributed by atoms with Crippen molar-refractivity contribution in [2.24, 2.45) is 0 Å². The van der Waals surface area contributed by atoms with Crippen molar-refractivity contribution < 1.29 is 4.74 Å². The molecule has 3 nitrogen and oxygen atoms in total. The van der Waals surface area contributed by atoms with Crippen LogP contribution in [0.25, 0.3) is 0 Å². The third-order valence-corrected chi connectivity index (χ3v) is 3.10. The molecule has 0 fully saturated rings. The summed E-state index contributed by atoms with van der Waals surface area (Å²) in [7, 11) is 0. The molecule has 0 bridgehead atoms. The van der Waals surface area contributed by atoms with E-state index in [1.54, 1.807) is 18.3 Å². The fourth-order valence-corrected chi connectivity index (χ4v) is 1.86. The van der Waals surface area contributed by atoms with Gasteiger partial charge in [-0.15, -0.1) is 0 Å². The Balaban J connectivity index is 2.30. The normalized spacial score (nSPS) is 11.4. The molecule has 0 unspecified atom stereocenters. The Kier molecular flexibility index (Phi) is 3.67. The summed E-state index contributed by atoms with van der Waals surface area (Å²) in [6.07, 6.45) is 1.63. The SMILES string of the molecule is CC(C)(C)c1ccc(Oc2ncccc2N)c(Cl)c1. The van der Waals surface area contributed by atoms with Gasteiger partial charge < -0.3 is 10.5 Å². The van der Waals surface area contributed by atoms with E-state index in [-0.39, 0.29) is 5.41 Å². The summed E-state index contributed by atoms with van der Waals surface area (Å²) in [4.78, 5) is 4.08. The highest BCUT2D eigenvalue weighted by Crippen LogP contribution is 2.34. The highest BCUT2D eigenvalue weighted by atomic mass is 35.5. The Labute approximate surface area is 118 Å². The van der Waals surface area contributed by atoms with Crippen LogP contribution >= 0.6 is 11.6 Å². The molecule has 0 saturated carbocycles. The van der Waals surface area contributed by atoms with Crippen molar-refractivity contribution in [1.29, 1.82) is 0 Å². The van der Waals surface area contributed by atoms with Crippen LogP contribution in [0.4, 0.5) is 5.69 Å². The molecule has 0 spiro atoms. The Hall–Kier alpha value is -1.74. The summed E-state index contributed by atoms with van der Waals surface area (Å²) in [5.74, 6) is 0.924. The predicted molar refractivity (Wildman–Crippen MR) is 78.9 cm³/mol. The van der Waals surface area contributed by atoms with Crippen LogP contribution in [0.3, 0.4) is 0 Å². The summed E-state index contributed by atoms with van der Waals surface area (Å²) in [5.41, 5.74) is 7.47. The quantitative estimate of drug-likeness (QED) is 0.884. The average molecular weight is 277 g/mol. The first-order valence-electron chi connectivity index (χ1n) is 6.06. The van der Waals surface area contributed by atoms with Crippen molar-refractivity contribution in [1.82, 2.24) is 4.98 Å². The minimum Gasteiger partial charge on any atom is -0.436 e. The van der Waals surface area contributed by atoms with Crippen molar-refractivity contribution in [2.45, 2.75) is 26.2 Å². The number of hydrogen-bond donors (Lipinski definition) is 1. The summed E-state index contributed by atoms with van der Waals surface area (Å²) >= 11 is 6.24. The maximum atomic E-state index is 6.24. The van der Waals surface area contributed by atoms with Crippen LogP contribution in [0.2, 0.25) is 5.02 Å². The number of hydrogen-bond acceptors (Lipinski definition) is 3. The zero-order valence-corrected chi connectivity index (χ0v) is 12.0. The van der Waals surface area contributed by atoms with Gasteiger partial charge in [-0.1, -0.05) is 38.4 Å². The Morgan fingerprint density at radius 3 is 2.53 bits per heavy atom. The van der Waals surface area contributed by atoms with Crippen LogP contribution in [0.5, 0.6) is 11.6 Å². The van der Waals surface area contributed by atoms with E-state index in [1.807, 2.05) is 18.2 Å². The highest BCUT2D eigenvalue weighted by Gasteiger charge is 2.16. The second-order valence-electron chi connectivity index (χ2n) is 5.40. The van der Waals surface area contributed by atoms with Gasteiger partial charge in [-0.25, -0.2) is 4.98 Å². The van der Waals surface area contributed by atoms with Crippen LogP contribution < -0.4 is 10.5 Å². The molecule has 0 aliphatic carbocycles. The number of anilines is 1. The number of pyridine rings is 1. The third kappa shape index (κ3) is 3.18. The van der Waals surface area contributed by atoms with Gasteiger partial charge in [0.05, 0.1) is 10.7 Å². The lowest BCUT2D eigenvalue weighted by Crippen LogP contribution is -2.10. The maximum Gasteiger partial charge on any atom is 0.242 e. The van der Waals surface area contributed by atoms with Crippen molar-refractivity contribution >= 4 is 17.3 Å². The molecule has 2 aromatic rings. The van der Waals surface area contributed by atoms with Crippen LogP contribution in [0, 0.1) is 0 Å². The van der Waals surface area contributed by atoms with Crippen LogP contribution in [0.1, 0.15) is 26.3 Å². The molecule has 0 radical (unpaired) electrons. The number of rotatable bonds is 2. The van der Waals surface area contributed by atoms with E-state index in [9.17, 15) is 0 Å². The van der Waals surface area contributed by atoms with Crippen molar-refractivity contribution in [3.63, 3.8) is 0 Å². The molecule has 1 heterocycles. The zero-order chi connectivity index (χ0) is 14.0. The van der Waals surface area contributed by atoms with E-state index < -0.39 is 0 Å². The summed E-state index contributed by atoms with van der Waals surface area (Å²) in [5, 5.41) is 0.553. The fourth-order valence-electron chi connectivity index (χ4n) is 1.64. The number of benzene rings is 1. The average Bonchev–Trinajstić information content (AvgIpc) is 2.33. The molecule has 0 atom stereocenters. The molecule has 19 heavy (non-hydrogen) atoms. The molecule has 1 aromatic carbocycles. The van der Waals surface area contributed by atoms with Gasteiger partial charge in [-0.3, -0.25) is 0 Å². The van der Waals surface area contributed by atoms with Crippen molar-refractivity contribution in [3.8, 4) is 11.6 Å². The largest absolute Gasteiger partial charge is 0.436 e. The van der Waals surface area contributed by atoms with Gasteiger partial charge in [-0.2, -0.15) is 0 Å². The van der Waals surface area contributed by atoms with Crippen molar-refractivity contribution in [2.75, 3.05) is 5.73 Å².